The van der Waals surface area contributed by atoms with Crippen LogP contribution in [0.4, 0.5) is 0 Å². The molecule has 5 heteroatoms. The fraction of sp³-hybridized carbons (Fsp3) is 0.625. The van der Waals surface area contributed by atoms with Crippen molar-refractivity contribution in [3.63, 3.8) is 0 Å². The SMILES string of the molecule is CC1CC(NS(=O)(=O)c2ccc(CCNC3CC3)cc2)C1. The summed E-state index contributed by atoms with van der Waals surface area (Å²) in [6, 6.07) is 8.12. The molecule has 0 spiro atoms. The van der Waals surface area contributed by atoms with Crippen LogP contribution in [0.15, 0.2) is 29.2 Å². The summed E-state index contributed by atoms with van der Waals surface area (Å²) in [5.74, 6) is 0.638. The first-order valence-electron chi connectivity index (χ1n) is 7.87. The van der Waals surface area contributed by atoms with Crippen molar-refractivity contribution in [3.8, 4) is 0 Å². The Morgan fingerprint density at radius 1 is 1.10 bits per heavy atom. The smallest absolute Gasteiger partial charge is 0.240 e. The van der Waals surface area contributed by atoms with E-state index in [1.54, 1.807) is 12.1 Å². The fourth-order valence-corrected chi connectivity index (χ4v) is 4.09. The van der Waals surface area contributed by atoms with Crippen LogP contribution in [-0.2, 0) is 16.4 Å². The van der Waals surface area contributed by atoms with E-state index in [9.17, 15) is 8.42 Å². The molecule has 2 N–H and O–H groups in total. The molecule has 0 bridgehead atoms. The molecular formula is C16H24N2O2S. The van der Waals surface area contributed by atoms with Crippen molar-refractivity contribution in [1.82, 2.24) is 10.0 Å². The van der Waals surface area contributed by atoms with E-state index >= 15 is 0 Å². The lowest BCUT2D eigenvalue weighted by Crippen LogP contribution is -2.43. The van der Waals surface area contributed by atoms with Gasteiger partial charge >= 0.3 is 0 Å². The molecule has 0 heterocycles. The molecule has 116 valence electrons. The maximum atomic E-state index is 12.2. The zero-order chi connectivity index (χ0) is 14.9. The normalized spacial score (nSPS) is 25.6. The molecule has 0 radical (unpaired) electrons. The van der Waals surface area contributed by atoms with Gasteiger partial charge in [-0.25, -0.2) is 13.1 Å². The summed E-state index contributed by atoms with van der Waals surface area (Å²) in [5, 5.41) is 3.46. The summed E-state index contributed by atoms with van der Waals surface area (Å²) in [7, 11) is -3.35. The number of nitrogens with one attached hydrogen (secondary N) is 2. The van der Waals surface area contributed by atoms with Crippen LogP contribution in [0.25, 0.3) is 0 Å². The Hall–Kier alpha value is -0.910. The monoisotopic (exact) mass is 308 g/mol. The third-order valence-electron chi connectivity index (χ3n) is 4.35. The molecule has 2 fully saturated rings. The standard InChI is InChI=1S/C16H24N2O2S/c1-12-10-15(11-12)18-21(19,20)16-6-2-13(3-7-16)8-9-17-14-4-5-14/h2-3,6-7,12,14-15,17-18H,4-5,8-11H2,1H3. The highest BCUT2D eigenvalue weighted by molar-refractivity contribution is 7.89. The quantitative estimate of drug-likeness (QED) is 0.810. The molecule has 0 saturated heterocycles. The van der Waals surface area contributed by atoms with Crippen LogP contribution in [0.1, 0.15) is 38.2 Å². The molecule has 0 atom stereocenters. The molecule has 3 rings (SSSR count). The highest BCUT2D eigenvalue weighted by Gasteiger charge is 2.29. The van der Waals surface area contributed by atoms with Crippen LogP contribution < -0.4 is 10.0 Å². The predicted octanol–water partition coefficient (Wildman–Crippen LogP) is 2.06. The number of rotatable bonds is 7. The van der Waals surface area contributed by atoms with Crippen LogP contribution in [0.3, 0.4) is 0 Å². The average Bonchev–Trinajstić information content (AvgIpc) is 3.21. The largest absolute Gasteiger partial charge is 0.314 e. The molecule has 0 aliphatic heterocycles. The van der Waals surface area contributed by atoms with Crippen LogP contribution in [-0.4, -0.2) is 27.0 Å². The predicted molar refractivity (Wildman–Crippen MR) is 83.7 cm³/mol. The molecule has 0 unspecified atom stereocenters. The number of benzene rings is 1. The maximum Gasteiger partial charge on any atom is 0.240 e. The van der Waals surface area contributed by atoms with Crippen molar-refractivity contribution >= 4 is 10.0 Å². The minimum absolute atomic E-state index is 0.118. The molecule has 4 nitrogen and oxygen atoms in total. The summed E-state index contributed by atoms with van der Waals surface area (Å²) >= 11 is 0. The van der Waals surface area contributed by atoms with Crippen LogP contribution >= 0.6 is 0 Å². The molecule has 2 saturated carbocycles. The lowest BCUT2D eigenvalue weighted by Gasteiger charge is -2.32. The van der Waals surface area contributed by atoms with Crippen molar-refractivity contribution in [1.29, 1.82) is 0 Å². The van der Waals surface area contributed by atoms with Gasteiger partial charge in [0.1, 0.15) is 0 Å². The van der Waals surface area contributed by atoms with Gasteiger partial charge in [0.05, 0.1) is 4.90 Å². The Bertz CT molecular complexity index is 573. The Kier molecular flexibility index (Phi) is 4.33. The Balaban J connectivity index is 1.54. The third-order valence-corrected chi connectivity index (χ3v) is 5.89. The van der Waals surface area contributed by atoms with Crippen LogP contribution in [0.2, 0.25) is 0 Å². The summed E-state index contributed by atoms with van der Waals surface area (Å²) in [6.07, 6.45) is 5.43. The minimum Gasteiger partial charge on any atom is -0.314 e. The van der Waals surface area contributed by atoms with Crippen molar-refractivity contribution < 1.29 is 8.42 Å². The topological polar surface area (TPSA) is 58.2 Å². The molecule has 2 aliphatic carbocycles. The van der Waals surface area contributed by atoms with Gasteiger partial charge in [-0.05, 0) is 62.3 Å². The van der Waals surface area contributed by atoms with E-state index in [2.05, 4.69) is 17.0 Å². The van der Waals surface area contributed by atoms with E-state index in [0.717, 1.165) is 31.8 Å². The lowest BCUT2D eigenvalue weighted by molar-refractivity contribution is 0.270. The second-order valence-electron chi connectivity index (χ2n) is 6.52. The first-order chi connectivity index (χ1) is 10.0. The Morgan fingerprint density at radius 2 is 1.76 bits per heavy atom. The molecule has 0 amide bonds. The van der Waals surface area contributed by atoms with Crippen LogP contribution in [0, 0.1) is 5.92 Å². The lowest BCUT2D eigenvalue weighted by atomic mass is 9.83. The third kappa shape index (κ3) is 4.05. The first kappa shape index (κ1) is 15.0. The van der Waals surface area contributed by atoms with Gasteiger partial charge in [-0.1, -0.05) is 19.1 Å². The van der Waals surface area contributed by atoms with Crippen molar-refractivity contribution in [2.24, 2.45) is 5.92 Å². The van der Waals surface area contributed by atoms with Crippen molar-refractivity contribution in [2.75, 3.05) is 6.54 Å². The molecule has 21 heavy (non-hydrogen) atoms. The van der Waals surface area contributed by atoms with E-state index in [1.807, 2.05) is 12.1 Å². The molecular weight excluding hydrogens is 284 g/mol. The van der Waals surface area contributed by atoms with Gasteiger partial charge in [-0.2, -0.15) is 0 Å². The highest BCUT2D eigenvalue weighted by atomic mass is 32.2. The Labute approximate surface area is 127 Å². The van der Waals surface area contributed by atoms with Gasteiger partial charge in [-0.3, -0.25) is 0 Å². The van der Waals surface area contributed by atoms with E-state index in [1.165, 1.54) is 18.4 Å². The summed E-state index contributed by atoms with van der Waals surface area (Å²) in [5.41, 5.74) is 1.18. The zero-order valence-electron chi connectivity index (χ0n) is 12.5. The molecule has 1 aromatic rings. The van der Waals surface area contributed by atoms with Crippen LogP contribution in [0.5, 0.6) is 0 Å². The van der Waals surface area contributed by atoms with Gasteiger partial charge in [0.2, 0.25) is 10.0 Å². The molecule has 1 aromatic carbocycles. The van der Waals surface area contributed by atoms with E-state index in [4.69, 9.17) is 0 Å². The number of sulfonamides is 1. The first-order valence-corrected chi connectivity index (χ1v) is 9.36. The van der Waals surface area contributed by atoms with Gasteiger partial charge in [0.25, 0.3) is 0 Å². The maximum absolute atomic E-state index is 12.2. The average molecular weight is 308 g/mol. The van der Waals surface area contributed by atoms with Gasteiger partial charge < -0.3 is 5.32 Å². The van der Waals surface area contributed by atoms with Gasteiger partial charge in [0, 0.05) is 12.1 Å². The number of hydrogen-bond acceptors (Lipinski definition) is 3. The summed E-state index contributed by atoms with van der Waals surface area (Å²) < 4.78 is 27.3. The van der Waals surface area contributed by atoms with Crippen molar-refractivity contribution in [2.45, 2.75) is 56.0 Å². The fourth-order valence-electron chi connectivity index (χ4n) is 2.83. The van der Waals surface area contributed by atoms with E-state index < -0.39 is 10.0 Å². The summed E-state index contributed by atoms with van der Waals surface area (Å²) in [4.78, 5) is 0.376. The molecule has 0 aromatic heterocycles. The number of hydrogen-bond donors (Lipinski definition) is 2. The zero-order valence-corrected chi connectivity index (χ0v) is 13.3. The second-order valence-corrected chi connectivity index (χ2v) is 8.23. The van der Waals surface area contributed by atoms with Crippen molar-refractivity contribution in [3.05, 3.63) is 29.8 Å². The molecule has 2 aliphatic rings. The summed E-state index contributed by atoms with van der Waals surface area (Å²) in [6.45, 7) is 3.12. The Morgan fingerprint density at radius 3 is 2.33 bits per heavy atom. The van der Waals surface area contributed by atoms with E-state index in [0.29, 0.717) is 10.8 Å². The highest BCUT2D eigenvalue weighted by Crippen LogP contribution is 2.27. The second kappa shape index (κ2) is 6.07. The minimum atomic E-state index is -3.35. The van der Waals surface area contributed by atoms with Gasteiger partial charge in [-0.15, -0.1) is 0 Å². The van der Waals surface area contributed by atoms with Gasteiger partial charge in [0.15, 0.2) is 0 Å². The van der Waals surface area contributed by atoms with E-state index in [-0.39, 0.29) is 6.04 Å².